The highest BCUT2D eigenvalue weighted by atomic mass is 16.3. The summed E-state index contributed by atoms with van der Waals surface area (Å²) in [6.07, 6.45) is 1.88. The molecule has 49 heavy (non-hydrogen) atoms. The maximum Gasteiger partial charge on any atom is 0.164 e. The smallest absolute Gasteiger partial charge is 0.164 e. The minimum Gasteiger partial charge on any atom is -0.454 e. The summed E-state index contributed by atoms with van der Waals surface area (Å²) in [7, 11) is 0. The third-order valence-corrected chi connectivity index (χ3v) is 9.37. The maximum atomic E-state index is 6.74. The first kappa shape index (κ1) is 27.4. The number of fused-ring (bicyclic) bond motifs is 8. The molecule has 3 aromatic heterocycles. The molecule has 0 saturated carbocycles. The summed E-state index contributed by atoms with van der Waals surface area (Å²) >= 11 is 0. The van der Waals surface area contributed by atoms with Gasteiger partial charge in [0.15, 0.2) is 23.1 Å². The SMILES string of the molecule is c1ccc(-c2nc(-c3ccccc3)nc(-c3cccc4oc5c(-c6cc7c8ccccc8ccc7c7ccccc67)nccc5c34)n2)cc1. The summed E-state index contributed by atoms with van der Waals surface area (Å²) < 4.78 is 6.74. The monoisotopic (exact) mass is 626 g/mol. The maximum absolute atomic E-state index is 6.74. The molecule has 0 atom stereocenters. The second-order valence-corrected chi connectivity index (χ2v) is 12.2. The lowest BCUT2D eigenvalue weighted by Gasteiger charge is -2.12. The average Bonchev–Trinajstić information content (AvgIpc) is 3.57. The molecule has 0 fully saturated rings. The second kappa shape index (κ2) is 10.9. The molecular weight excluding hydrogens is 601 g/mol. The van der Waals surface area contributed by atoms with E-state index in [1.165, 1.54) is 26.9 Å². The van der Waals surface area contributed by atoms with E-state index in [1.54, 1.807) is 0 Å². The minimum atomic E-state index is 0.585. The van der Waals surface area contributed by atoms with Gasteiger partial charge in [0.25, 0.3) is 0 Å². The van der Waals surface area contributed by atoms with Gasteiger partial charge in [-0.3, -0.25) is 4.98 Å². The normalized spacial score (nSPS) is 11.7. The van der Waals surface area contributed by atoms with Gasteiger partial charge in [0.2, 0.25) is 0 Å². The first-order valence-electron chi connectivity index (χ1n) is 16.3. The fraction of sp³-hybridized carbons (Fsp3) is 0. The van der Waals surface area contributed by atoms with E-state index in [1.807, 2.05) is 85.1 Å². The van der Waals surface area contributed by atoms with E-state index < -0.39 is 0 Å². The highest BCUT2D eigenvalue weighted by molar-refractivity contribution is 6.23. The standard InChI is InChI=1S/C44H26N4O/c1-3-13-28(14-4-1)42-46-43(29-15-5-2-6-16-29)48-44(47-42)35-20-11-21-38-39(35)34-24-25-45-40(41(34)49-38)37-26-36-30-17-8-7-12-27(30)22-23-33(36)31-18-9-10-19-32(31)37/h1-26H. The fourth-order valence-electron chi connectivity index (χ4n) is 7.12. The summed E-state index contributed by atoms with van der Waals surface area (Å²) in [5.41, 5.74) is 6.04. The van der Waals surface area contributed by atoms with E-state index in [0.717, 1.165) is 55.3 Å². The van der Waals surface area contributed by atoms with Crippen molar-refractivity contribution in [3.63, 3.8) is 0 Å². The predicted octanol–water partition coefficient (Wildman–Crippen LogP) is 11.3. The van der Waals surface area contributed by atoms with Gasteiger partial charge >= 0.3 is 0 Å². The largest absolute Gasteiger partial charge is 0.454 e. The summed E-state index contributed by atoms with van der Waals surface area (Å²) in [5.74, 6) is 1.82. The lowest BCUT2D eigenvalue weighted by molar-refractivity contribution is 0.668. The van der Waals surface area contributed by atoms with Crippen LogP contribution in [0.4, 0.5) is 0 Å². The van der Waals surface area contributed by atoms with Crippen molar-refractivity contribution in [2.24, 2.45) is 0 Å². The van der Waals surface area contributed by atoms with Crippen LogP contribution in [-0.2, 0) is 0 Å². The van der Waals surface area contributed by atoms with Crippen molar-refractivity contribution in [3.8, 4) is 45.4 Å². The van der Waals surface area contributed by atoms with Gasteiger partial charge in [0.05, 0.1) is 0 Å². The highest BCUT2D eigenvalue weighted by Crippen LogP contribution is 2.43. The van der Waals surface area contributed by atoms with Gasteiger partial charge in [-0.1, -0.05) is 133 Å². The molecule has 0 saturated heterocycles. The number of hydrogen-bond acceptors (Lipinski definition) is 5. The molecule has 0 aliphatic heterocycles. The molecule has 0 aliphatic carbocycles. The Labute approximate surface area is 281 Å². The molecule has 3 heterocycles. The number of aromatic nitrogens is 4. The van der Waals surface area contributed by atoms with Crippen LogP contribution in [0.15, 0.2) is 162 Å². The van der Waals surface area contributed by atoms with Crippen molar-refractivity contribution in [1.29, 1.82) is 0 Å². The minimum absolute atomic E-state index is 0.585. The molecule has 7 aromatic carbocycles. The number of hydrogen-bond donors (Lipinski definition) is 0. The Kier molecular flexibility index (Phi) is 6.11. The number of pyridine rings is 1. The van der Waals surface area contributed by atoms with Gasteiger partial charge in [0, 0.05) is 39.2 Å². The van der Waals surface area contributed by atoms with Gasteiger partial charge in [-0.05, 0) is 50.5 Å². The van der Waals surface area contributed by atoms with E-state index in [4.69, 9.17) is 24.4 Å². The van der Waals surface area contributed by atoms with Crippen LogP contribution in [-0.4, -0.2) is 19.9 Å². The molecule has 0 bridgehead atoms. The zero-order chi connectivity index (χ0) is 32.3. The first-order valence-corrected chi connectivity index (χ1v) is 16.3. The Balaban J connectivity index is 1.24. The van der Waals surface area contributed by atoms with Crippen molar-refractivity contribution in [1.82, 2.24) is 19.9 Å². The van der Waals surface area contributed by atoms with Crippen molar-refractivity contribution in [3.05, 3.63) is 158 Å². The zero-order valence-electron chi connectivity index (χ0n) is 26.2. The van der Waals surface area contributed by atoms with Crippen molar-refractivity contribution in [2.75, 3.05) is 0 Å². The molecule has 10 rings (SSSR count). The lowest BCUT2D eigenvalue weighted by atomic mass is 9.92. The average molecular weight is 627 g/mol. The highest BCUT2D eigenvalue weighted by Gasteiger charge is 2.21. The molecule has 10 aromatic rings. The number of nitrogens with zero attached hydrogens (tertiary/aromatic N) is 4. The van der Waals surface area contributed by atoms with Crippen LogP contribution in [0.1, 0.15) is 0 Å². The van der Waals surface area contributed by atoms with Gasteiger partial charge < -0.3 is 4.42 Å². The zero-order valence-corrected chi connectivity index (χ0v) is 26.2. The van der Waals surface area contributed by atoms with E-state index in [9.17, 15) is 0 Å². The van der Waals surface area contributed by atoms with Crippen LogP contribution in [0.2, 0.25) is 0 Å². The molecule has 228 valence electrons. The first-order chi connectivity index (χ1) is 24.3. The quantitative estimate of drug-likeness (QED) is 0.182. The summed E-state index contributed by atoms with van der Waals surface area (Å²) in [6, 6.07) is 52.0. The van der Waals surface area contributed by atoms with Gasteiger partial charge in [-0.25, -0.2) is 15.0 Å². The Bertz CT molecular complexity index is 2820. The Morgan fingerprint density at radius 2 is 1.04 bits per heavy atom. The Hall–Kier alpha value is -6.72. The molecule has 0 aliphatic rings. The van der Waals surface area contributed by atoms with Crippen molar-refractivity contribution < 1.29 is 4.42 Å². The second-order valence-electron chi connectivity index (χ2n) is 12.2. The van der Waals surface area contributed by atoms with Crippen molar-refractivity contribution in [2.45, 2.75) is 0 Å². The van der Waals surface area contributed by atoms with Gasteiger partial charge in [0.1, 0.15) is 11.3 Å². The van der Waals surface area contributed by atoms with Gasteiger partial charge in [-0.15, -0.1) is 0 Å². The Morgan fingerprint density at radius 3 is 1.80 bits per heavy atom. The molecule has 0 unspecified atom stereocenters. The van der Waals surface area contributed by atoms with Crippen LogP contribution in [0.5, 0.6) is 0 Å². The van der Waals surface area contributed by atoms with E-state index in [0.29, 0.717) is 17.5 Å². The number of rotatable bonds is 4. The number of furan rings is 1. The summed E-state index contributed by atoms with van der Waals surface area (Å²) in [6.45, 7) is 0. The van der Waals surface area contributed by atoms with Crippen LogP contribution in [0, 0.1) is 0 Å². The topological polar surface area (TPSA) is 64.7 Å². The Morgan fingerprint density at radius 1 is 0.408 bits per heavy atom. The van der Waals surface area contributed by atoms with Crippen LogP contribution in [0.3, 0.4) is 0 Å². The van der Waals surface area contributed by atoms with Crippen LogP contribution < -0.4 is 0 Å². The molecule has 5 heteroatoms. The molecule has 5 nitrogen and oxygen atoms in total. The molecule has 0 amide bonds. The van der Waals surface area contributed by atoms with E-state index in [2.05, 4.69) is 72.8 Å². The third kappa shape index (κ3) is 4.40. The molecule has 0 radical (unpaired) electrons. The summed E-state index contributed by atoms with van der Waals surface area (Å²) in [5, 5.41) is 9.04. The number of benzene rings is 7. The van der Waals surface area contributed by atoms with Crippen LogP contribution in [0.25, 0.3) is 99.7 Å². The third-order valence-electron chi connectivity index (χ3n) is 9.37. The van der Waals surface area contributed by atoms with E-state index >= 15 is 0 Å². The lowest BCUT2D eigenvalue weighted by Crippen LogP contribution is -2.00. The van der Waals surface area contributed by atoms with Crippen LogP contribution >= 0.6 is 0 Å². The molecule has 0 spiro atoms. The molecule has 0 N–H and O–H groups in total. The predicted molar refractivity (Wildman–Crippen MR) is 199 cm³/mol. The van der Waals surface area contributed by atoms with Crippen molar-refractivity contribution >= 4 is 54.3 Å². The molecular formula is C44H26N4O. The van der Waals surface area contributed by atoms with E-state index in [-0.39, 0.29) is 0 Å². The fourth-order valence-corrected chi connectivity index (χ4v) is 7.12. The van der Waals surface area contributed by atoms with Gasteiger partial charge in [-0.2, -0.15) is 0 Å². The summed E-state index contributed by atoms with van der Waals surface area (Å²) in [4.78, 5) is 20.0.